The van der Waals surface area contributed by atoms with E-state index in [-0.39, 0.29) is 18.0 Å². The van der Waals surface area contributed by atoms with Gasteiger partial charge < -0.3 is 15.8 Å². The van der Waals surface area contributed by atoms with Crippen molar-refractivity contribution in [3.05, 3.63) is 29.8 Å². The number of amides is 1. The van der Waals surface area contributed by atoms with Crippen LogP contribution in [0.1, 0.15) is 31.2 Å². The molecular formula is C15H22N2O2. The van der Waals surface area contributed by atoms with Crippen molar-refractivity contribution in [1.29, 1.82) is 0 Å². The topological polar surface area (TPSA) is 64.3 Å². The summed E-state index contributed by atoms with van der Waals surface area (Å²) >= 11 is 0. The first kappa shape index (κ1) is 13.9. The summed E-state index contributed by atoms with van der Waals surface area (Å²) in [5.41, 5.74) is 6.95. The smallest absolute Gasteiger partial charge is 0.224 e. The van der Waals surface area contributed by atoms with Gasteiger partial charge in [0.1, 0.15) is 5.75 Å². The van der Waals surface area contributed by atoms with E-state index in [1.807, 2.05) is 24.3 Å². The second kappa shape index (κ2) is 6.57. The number of carbonyl (C=O) groups is 1. The molecule has 4 heteroatoms. The van der Waals surface area contributed by atoms with Crippen LogP contribution in [0.3, 0.4) is 0 Å². The van der Waals surface area contributed by atoms with E-state index in [2.05, 4.69) is 5.32 Å². The molecule has 1 aliphatic carbocycles. The molecule has 3 N–H and O–H groups in total. The molecule has 0 bridgehead atoms. The average molecular weight is 262 g/mol. The highest BCUT2D eigenvalue weighted by atomic mass is 16.5. The first-order chi connectivity index (χ1) is 9.20. The lowest BCUT2D eigenvalue weighted by Gasteiger charge is -2.29. The quantitative estimate of drug-likeness (QED) is 0.866. The molecule has 0 aliphatic heterocycles. The molecule has 19 heavy (non-hydrogen) atoms. The van der Waals surface area contributed by atoms with Crippen LogP contribution >= 0.6 is 0 Å². The average Bonchev–Trinajstić information content (AvgIpc) is 2.42. The minimum atomic E-state index is 0.0202. The Morgan fingerprint density at radius 3 is 2.84 bits per heavy atom. The van der Waals surface area contributed by atoms with Crippen LogP contribution in [0.25, 0.3) is 0 Å². The zero-order valence-electron chi connectivity index (χ0n) is 11.4. The van der Waals surface area contributed by atoms with Crippen LogP contribution < -0.4 is 15.8 Å². The number of benzene rings is 1. The fourth-order valence-corrected chi connectivity index (χ4v) is 2.62. The second-order valence-corrected chi connectivity index (χ2v) is 5.11. The van der Waals surface area contributed by atoms with Crippen LogP contribution in [0, 0.1) is 0 Å². The highest BCUT2D eigenvalue weighted by Crippen LogP contribution is 2.19. The van der Waals surface area contributed by atoms with Crippen molar-refractivity contribution >= 4 is 5.91 Å². The molecule has 0 heterocycles. The molecule has 1 aromatic rings. The van der Waals surface area contributed by atoms with E-state index >= 15 is 0 Å². The largest absolute Gasteiger partial charge is 0.496 e. The normalized spacial score (nSPS) is 22.8. The molecule has 1 saturated carbocycles. The Kier molecular flexibility index (Phi) is 4.80. The van der Waals surface area contributed by atoms with E-state index in [0.717, 1.165) is 30.6 Å². The third kappa shape index (κ3) is 3.70. The van der Waals surface area contributed by atoms with Gasteiger partial charge in [-0.15, -0.1) is 0 Å². The summed E-state index contributed by atoms with van der Waals surface area (Å²) in [6, 6.07) is 7.81. The maximum Gasteiger partial charge on any atom is 0.224 e. The van der Waals surface area contributed by atoms with E-state index in [1.165, 1.54) is 6.42 Å². The summed E-state index contributed by atoms with van der Waals surface area (Å²) < 4.78 is 5.25. The Bertz CT molecular complexity index is 434. The fourth-order valence-electron chi connectivity index (χ4n) is 2.62. The lowest BCUT2D eigenvalue weighted by molar-refractivity contribution is -0.121. The first-order valence-electron chi connectivity index (χ1n) is 6.87. The predicted molar refractivity (Wildman–Crippen MR) is 75.1 cm³/mol. The number of methoxy groups -OCH3 is 1. The molecular weight excluding hydrogens is 240 g/mol. The highest BCUT2D eigenvalue weighted by molar-refractivity contribution is 5.79. The van der Waals surface area contributed by atoms with Gasteiger partial charge in [-0.3, -0.25) is 4.79 Å². The van der Waals surface area contributed by atoms with Gasteiger partial charge in [0.25, 0.3) is 0 Å². The Morgan fingerprint density at radius 1 is 1.37 bits per heavy atom. The summed E-state index contributed by atoms with van der Waals surface area (Å²) in [7, 11) is 1.62. The van der Waals surface area contributed by atoms with E-state index in [1.54, 1.807) is 7.11 Å². The van der Waals surface area contributed by atoms with Gasteiger partial charge in [-0.25, -0.2) is 0 Å². The van der Waals surface area contributed by atoms with Crippen LogP contribution in [0.2, 0.25) is 0 Å². The standard InChI is InChI=1S/C15H22N2O2/c1-19-14-9-5-2-6-11(14)10-15(18)17-13-8-4-3-7-12(13)16/h2,5-6,9,12-13H,3-4,7-8,10,16H2,1H3,(H,17,18). The number of para-hydroxylation sites is 1. The number of nitrogens with two attached hydrogens (primary N) is 1. The molecule has 4 nitrogen and oxygen atoms in total. The third-order valence-electron chi connectivity index (χ3n) is 3.71. The summed E-state index contributed by atoms with van der Waals surface area (Å²) in [6.45, 7) is 0. The minimum Gasteiger partial charge on any atom is -0.496 e. The summed E-state index contributed by atoms with van der Waals surface area (Å²) in [4.78, 5) is 12.1. The van der Waals surface area contributed by atoms with Gasteiger partial charge >= 0.3 is 0 Å². The van der Waals surface area contributed by atoms with Crippen molar-refractivity contribution < 1.29 is 9.53 Å². The van der Waals surface area contributed by atoms with Crippen molar-refractivity contribution in [2.24, 2.45) is 5.73 Å². The fraction of sp³-hybridized carbons (Fsp3) is 0.533. The molecule has 1 fully saturated rings. The Labute approximate surface area is 114 Å². The summed E-state index contributed by atoms with van der Waals surface area (Å²) in [5.74, 6) is 0.775. The van der Waals surface area contributed by atoms with Crippen LogP contribution in [0.15, 0.2) is 24.3 Å². The zero-order chi connectivity index (χ0) is 13.7. The molecule has 0 aromatic heterocycles. The van der Waals surface area contributed by atoms with Crippen molar-refractivity contribution in [2.75, 3.05) is 7.11 Å². The van der Waals surface area contributed by atoms with Crippen LogP contribution in [-0.2, 0) is 11.2 Å². The molecule has 0 saturated heterocycles. The first-order valence-corrected chi connectivity index (χ1v) is 6.87. The number of carbonyl (C=O) groups excluding carboxylic acids is 1. The van der Waals surface area contributed by atoms with Gasteiger partial charge in [-0.1, -0.05) is 31.0 Å². The molecule has 2 unspecified atom stereocenters. The SMILES string of the molecule is COc1ccccc1CC(=O)NC1CCCCC1N. The van der Waals surface area contributed by atoms with E-state index in [9.17, 15) is 4.79 Å². The third-order valence-corrected chi connectivity index (χ3v) is 3.71. The van der Waals surface area contributed by atoms with E-state index < -0.39 is 0 Å². The molecule has 0 radical (unpaired) electrons. The maximum absolute atomic E-state index is 12.1. The number of ether oxygens (including phenoxy) is 1. The second-order valence-electron chi connectivity index (χ2n) is 5.11. The molecule has 104 valence electrons. The Hall–Kier alpha value is -1.55. The number of rotatable bonds is 4. The van der Waals surface area contributed by atoms with Gasteiger partial charge in [0, 0.05) is 17.6 Å². The van der Waals surface area contributed by atoms with Crippen LogP contribution in [-0.4, -0.2) is 25.1 Å². The zero-order valence-corrected chi connectivity index (χ0v) is 11.4. The lowest BCUT2D eigenvalue weighted by Crippen LogP contribution is -2.49. The minimum absolute atomic E-state index is 0.0202. The Morgan fingerprint density at radius 2 is 2.11 bits per heavy atom. The maximum atomic E-state index is 12.1. The lowest BCUT2D eigenvalue weighted by atomic mass is 9.91. The van der Waals surface area contributed by atoms with Gasteiger partial charge in [-0.05, 0) is 18.9 Å². The van der Waals surface area contributed by atoms with Gasteiger partial charge in [0.2, 0.25) is 5.91 Å². The van der Waals surface area contributed by atoms with Crippen molar-refractivity contribution in [2.45, 2.75) is 44.2 Å². The van der Waals surface area contributed by atoms with Crippen LogP contribution in [0.5, 0.6) is 5.75 Å². The monoisotopic (exact) mass is 262 g/mol. The molecule has 1 amide bonds. The molecule has 2 rings (SSSR count). The van der Waals surface area contributed by atoms with Crippen LogP contribution in [0.4, 0.5) is 0 Å². The Balaban J connectivity index is 1.93. The van der Waals surface area contributed by atoms with Crippen molar-refractivity contribution in [1.82, 2.24) is 5.32 Å². The van der Waals surface area contributed by atoms with Gasteiger partial charge in [-0.2, -0.15) is 0 Å². The summed E-state index contributed by atoms with van der Waals surface area (Å²) in [5, 5.41) is 3.05. The summed E-state index contributed by atoms with van der Waals surface area (Å²) in [6.07, 6.45) is 4.64. The predicted octanol–water partition coefficient (Wildman–Crippen LogP) is 1.62. The molecule has 0 spiro atoms. The van der Waals surface area contributed by atoms with Gasteiger partial charge in [0.15, 0.2) is 0 Å². The number of hydrogen-bond donors (Lipinski definition) is 2. The molecule has 2 atom stereocenters. The molecule has 1 aliphatic rings. The van der Waals surface area contributed by atoms with E-state index in [4.69, 9.17) is 10.5 Å². The van der Waals surface area contributed by atoms with E-state index in [0.29, 0.717) is 6.42 Å². The number of hydrogen-bond acceptors (Lipinski definition) is 3. The highest BCUT2D eigenvalue weighted by Gasteiger charge is 2.23. The molecule has 1 aromatic carbocycles. The number of nitrogens with one attached hydrogen (secondary N) is 1. The van der Waals surface area contributed by atoms with Crippen molar-refractivity contribution in [3.63, 3.8) is 0 Å². The van der Waals surface area contributed by atoms with Gasteiger partial charge in [0.05, 0.1) is 13.5 Å². The van der Waals surface area contributed by atoms with Crippen molar-refractivity contribution in [3.8, 4) is 5.75 Å².